The first-order valence-corrected chi connectivity index (χ1v) is 6.08. The summed E-state index contributed by atoms with van der Waals surface area (Å²) in [7, 11) is 0. The van der Waals surface area contributed by atoms with Crippen molar-refractivity contribution in [3.05, 3.63) is 64.5 Å². The smallest absolute Gasteiger partial charge is 0.259 e. The van der Waals surface area contributed by atoms with E-state index < -0.39 is 4.92 Å². The van der Waals surface area contributed by atoms with Crippen molar-refractivity contribution in [1.82, 2.24) is 4.98 Å². The van der Waals surface area contributed by atoms with Crippen molar-refractivity contribution < 1.29 is 4.92 Å². The molecule has 0 bridgehead atoms. The van der Waals surface area contributed by atoms with Crippen LogP contribution in [-0.4, -0.2) is 16.5 Å². The molecule has 1 aromatic heterocycles. The van der Waals surface area contributed by atoms with Gasteiger partial charge in [0.15, 0.2) is 0 Å². The lowest BCUT2D eigenvalue weighted by Gasteiger charge is -2.20. The quantitative estimate of drug-likeness (QED) is 0.633. The van der Waals surface area contributed by atoms with E-state index in [2.05, 4.69) is 15.3 Å². The number of aromatic nitrogens is 1. The van der Waals surface area contributed by atoms with Crippen molar-refractivity contribution in [2.45, 2.75) is 6.04 Å². The van der Waals surface area contributed by atoms with Gasteiger partial charge in [-0.15, -0.1) is 0 Å². The van der Waals surface area contributed by atoms with E-state index in [9.17, 15) is 10.1 Å². The maximum absolute atomic E-state index is 10.7. The lowest BCUT2D eigenvalue weighted by molar-refractivity contribution is -0.384. The monoisotopic (exact) mass is 269 g/mol. The lowest BCUT2D eigenvalue weighted by Crippen LogP contribution is -2.21. The van der Waals surface area contributed by atoms with E-state index in [0.717, 1.165) is 11.4 Å². The Balaban J connectivity index is 1.88. The van der Waals surface area contributed by atoms with E-state index in [1.807, 2.05) is 18.2 Å². The van der Waals surface area contributed by atoms with Gasteiger partial charge in [0, 0.05) is 18.3 Å². The third kappa shape index (κ3) is 2.20. The molecule has 7 heteroatoms. The van der Waals surface area contributed by atoms with Gasteiger partial charge in [-0.05, 0) is 24.3 Å². The van der Waals surface area contributed by atoms with Crippen LogP contribution >= 0.6 is 0 Å². The van der Waals surface area contributed by atoms with E-state index in [1.54, 1.807) is 23.3 Å². The molecule has 20 heavy (non-hydrogen) atoms. The molecule has 100 valence electrons. The van der Waals surface area contributed by atoms with Crippen LogP contribution in [-0.2, 0) is 0 Å². The summed E-state index contributed by atoms with van der Waals surface area (Å²) in [4.78, 5) is 14.5. The van der Waals surface area contributed by atoms with E-state index in [0.29, 0.717) is 6.54 Å². The standard InChI is InChI=1S/C13H11N5O2/c19-18(20)11-6-4-10(5-7-11)17-13(9-15-16-17)12-3-1-2-8-14-12/h1-8,13H,9H2. The van der Waals surface area contributed by atoms with E-state index in [4.69, 9.17) is 0 Å². The molecule has 1 aliphatic rings. The summed E-state index contributed by atoms with van der Waals surface area (Å²) in [6.07, 6.45) is 1.72. The highest BCUT2D eigenvalue weighted by atomic mass is 16.6. The number of nitro benzene ring substituents is 1. The van der Waals surface area contributed by atoms with Gasteiger partial charge in [-0.3, -0.25) is 15.1 Å². The molecule has 1 aromatic carbocycles. The fourth-order valence-corrected chi connectivity index (χ4v) is 2.07. The topological polar surface area (TPSA) is 84.0 Å². The molecular formula is C13H11N5O2. The lowest BCUT2D eigenvalue weighted by atomic mass is 10.1. The number of hydrogen-bond acceptors (Lipinski definition) is 6. The molecule has 0 spiro atoms. The summed E-state index contributed by atoms with van der Waals surface area (Å²) < 4.78 is 0. The summed E-state index contributed by atoms with van der Waals surface area (Å²) in [5.74, 6) is 0. The first-order valence-electron chi connectivity index (χ1n) is 6.08. The van der Waals surface area contributed by atoms with Gasteiger partial charge in [0.2, 0.25) is 0 Å². The maximum Gasteiger partial charge on any atom is 0.269 e. The fraction of sp³-hybridized carbons (Fsp3) is 0.154. The first kappa shape index (κ1) is 12.2. The highest BCUT2D eigenvalue weighted by molar-refractivity contribution is 5.52. The van der Waals surface area contributed by atoms with Gasteiger partial charge >= 0.3 is 0 Å². The molecule has 0 amide bonds. The normalized spacial score (nSPS) is 17.4. The van der Waals surface area contributed by atoms with Crippen molar-refractivity contribution in [3.8, 4) is 0 Å². The Morgan fingerprint density at radius 1 is 1.20 bits per heavy atom. The summed E-state index contributed by atoms with van der Waals surface area (Å²) in [5.41, 5.74) is 1.68. The van der Waals surface area contributed by atoms with Crippen LogP contribution in [0.1, 0.15) is 11.7 Å². The number of rotatable bonds is 3. The number of nitro groups is 1. The first-order chi connectivity index (χ1) is 9.75. The molecule has 0 radical (unpaired) electrons. The van der Waals surface area contributed by atoms with Crippen molar-refractivity contribution >= 4 is 11.4 Å². The predicted octanol–water partition coefficient (Wildman–Crippen LogP) is 2.92. The zero-order valence-electron chi connectivity index (χ0n) is 10.5. The molecule has 0 saturated heterocycles. The molecule has 0 saturated carbocycles. The summed E-state index contributed by atoms with van der Waals surface area (Å²) in [6, 6.07) is 11.9. The Labute approximate surface area is 114 Å². The van der Waals surface area contributed by atoms with Crippen LogP contribution in [0.25, 0.3) is 0 Å². The third-order valence-electron chi connectivity index (χ3n) is 3.06. The molecule has 0 aliphatic carbocycles. The van der Waals surface area contributed by atoms with Gasteiger partial charge < -0.3 is 0 Å². The van der Waals surface area contributed by atoms with Crippen LogP contribution in [0.3, 0.4) is 0 Å². The van der Waals surface area contributed by atoms with Crippen LogP contribution in [0.15, 0.2) is 59.0 Å². The minimum absolute atomic E-state index is 0.0549. The molecule has 1 atom stereocenters. The summed E-state index contributed by atoms with van der Waals surface area (Å²) in [5, 5.41) is 20.5. The van der Waals surface area contributed by atoms with Crippen molar-refractivity contribution in [2.75, 3.05) is 11.6 Å². The minimum Gasteiger partial charge on any atom is -0.259 e. The van der Waals surface area contributed by atoms with Gasteiger partial charge in [-0.25, -0.2) is 5.01 Å². The molecular weight excluding hydrogens is 258 g/mol. The Hall–Kier alpha value is -2.83. The van der Waals surface area contributed by atoms with Crippen molar-refractivity contribution in [2.24, 2.45) is 10.3 Å². The minimum atomic E-state index is -0.425. The molecule has 7 nitrogen and oxygen atoms in total. The molecule has 1 unspecified atom stereocenters. The molecule has 1 aliphatic heterocycles. The largest absolute Gasteiger partial charge is 0.269 e. The second-order valence-corrected chi connectivity index (χ2v) is 4.30. The van der Waals surface area contributed by atoms with Crippen LogP contribution in [0.4, 0.5) is 11.4 Å². The van der Waals surface area contributed by atoms with Gasteiger partial charge in [-0.2, -0.15) is 5.11 Å². The number of hydrogen-bond donors (Lipinski definition) is 0. The van der Waals surface area contributed by atoms with E-state index in [-0.39, 0.29) is 11.7 Å². The Bertz CT molecular complexity index is 642. The zero-order chi connectivity index (χ0) is 13.9. The maximum atomic E-state index is 10.7. The van der Waals surface area contributed by atoms with Gasteiger partial charge in [-0.1, -0.05) is 11.3 Å². The molecule has 0 N–H and O–H groups in total. The summed E-state index contributed by atoms with van der Waals surface area (Å²) >= 11 is 0. The number of non-ortho nitro benzene ring substituents is 1. The van der Waals surface area contributed by atoms with Gasteiger partial charge in [0.05, 0.1) is 22.8 Å². The Kier molecular flexibility index (Phi) is 3.08. The van der Waals surface area contributed by atoms with Gasteiger partial charge in [0.25, 0.3) is 5.69 Å². The summed E-state index contributed by atoms with van der Waals surface area (Å²) in [6.45, 7) is 0.522. The number of nitrogens with zero attached hydrogens (tertiary/aromatic N) is 5. The van der Waals surface area contributed by atoms with Crippen molar-refractivity contribution in [1.29, 1.82) is 0 Å². The number of pyridine rings is 1. The second kappa shape index (κ2) is 5.04. The zero-order valence-corrected chi connectivity index (χ0v) is 10.5. The average Bonchev–Trinajstić information content (AvgIpc) is 2.97. The van der Waals surface area contributed by atoms with Crippen LogP contribution in [0.2, 0.25) is 0 Å². The molecule has 0 fully saturated rings. The third-order valence-corrected chi connectivity index (χ3v) is 3.06. The molecule has 2 heterocycles. The SMILES string of the molecule is O=[N+]([O-])c1ccc(N2N=NCC2c2ccccn2)cc1. The molecule has 2 aromatic rings. The van der Waals surface area contributed by atoms with E-state index >= 15 is 0 Å². The van der Waals surface area contributed by atoms with Gasteiger partial charge in [0.1, 0.15) is 6.04 Å². The van der Waals surface area contributed by atoms with Crippen LogP contribution in [0.5, 0.6) is 0 Å². The predicted molar refractivity (Wildman–Crippen MR) is 72.3 cm³/mol. The van der Waals surface area contributed by atoms with Crippen molar-refractivity contribution in [3.63, 3.8) is 0 Å². The van der Waals surface area contributed by atoms with Crippen LogP contribution in [0, 0.1) is 10.1 Å². The molecule has 3 rings (SSSR count). The number of benzene rings is 1. The van der Waals surface area contributed by atoms with E-state index in [1.165, 1.54) is 12.1 Å². The Morgan fingerprint density at radius 3 is 2.65 bits per heavy atom. The van der Waals surface area contributed by atoms with Crippen LogP contribution < -0.4 is 5.01 Å². The highest BCUT2D eigenvalue weighted by Gasteiger charge is 2.26. The fourth-order valence-electron chi connectivity index (χ4n) is 2.07. The second-order valence-electron chi connectivity index (χ2n) is 4.30. The highest BCUT2D eigenvalue weighted by Crippen LogP contribution is 2.31. The average molecular weight is 269 g/mol. The number of anilines is 1. The Morgan fingerprint density at radius 2 is 2.00 bits per heavy atom.